The van der Waals surface area contributed by atoms with Gasteiger partial charge in [-0.25, -0.2) is 4.79 Å². The number of fused-ring (bicyclic) bond motifs is 5. The second-order valence-electron chi connectivity index (χ2n) is 13.5. The summed E-state index contributed by atoms with van der Waals surface area (Å²) in [6.07, 6.45) is 2.44. The zero-order valence-electron chi connectivity index (χ0n) is 24.3. The van der Waals surface area contributed by atoms with Crippen LogP contribution in [0, 0.1) is 17.2 Å². The molecule has 2 bridgehead atoms. The normalized spacial score (nSPS) is 28.5. The molecule has 6 atom stereocenters. The molecule has 3 aliphatic heterocycles. The summed E-state index contributed by atoms with van der Waals surface area (Å²) in [4.78, 5) is 46.6. The van der Waals surface area contributed by atoms with Gasteiger partial charge in [0.15, 0.2) is 0 Å². The van der Waals surface area contributed by atoms with Gasteiger partial charge in [0.2, 0.25) is 11.8 Å². The maximum atomic E-state index is 14.1. The lowest BCUT2D eigenvalue weighted by molar-refractivity contribution is -0.141. The number of ether oxygens (including phenoxy) is 1. The van der Waals surface area contributed by atoms with Crippen LogP contribution in [0.3, 0.4) is 0 Å². The first-order valence-electron chi connectivity index (χ1n) is 15.1. The van der Waals surface area contributed by atoms with E-state index >= 15 is 0 Å². The van der Waals surface area contributed by atoms with E-state index in [1.54, 1.807) is 25.7 Å². The molecule has 2 aromatic rings. The highest BCUT2D eigenvalue weighted by molar-refractivity contribution is 5.89. The van der Waals surface area contributed by atoms with Gasteiger partial charge in [-0.15, -0.1) is 0 Å². The van der Waals surface area contributed by atoms with Crippen LogP contribution in [0.4, 0.5) is 4.79 Å². The van der Waals surface area contributed by atoms with Crippen LogP contribution in [0.2, 0.25) is 0 Å². The Morgan fingerprint density at radius 2 is 1.71 bits per heavy atom. The van der Waals surface area contributed by atoms with Crippen LogP contribution in [-0.4, -0.2) is 81.5 Å². The van der Waals surface area contributed by atoms with Crippen LogP contribution in [0.1, 0.15) is 68.3 Å². The Morgan fingerprint density at radius 1 is 1.05 bits per heavy atom. The van der Waals surface area contributed by atoms with Gasteiger partial charge >= 0.3 is 6.09 Å². The van der Waals surface area contributed by atoms with Crippen molar-refractivity contribution in [2.45, 2.75) is 88.3 Å². The molecule has 0 spiro atoms. The molecule has 3 saturated heterocycles. The minimum absolute atomic E-state index is 0.00422. The molecule has 1 N–H and O–H groups in total. The minimum Gasteiger partial charge on any atom is -0.444 e. The van der Waals surface area contributed by atoms with Crippen LogP contribution in [0.25, 0.3) is 0 Å². The number of piperazine rings is 1. The first-order chi connectivity index (χ1) is 20.1. The van der Waals surface area contributed by atoms with E-state index in [1.165, 1.54) is 22.3 Å². The van der Waals surface area contributed by atoms with Crippen molar-refractivity contribution >= 4 is 17.9 Å². The number of nitriles is 1. The van der Waals surface area contributed by atoms with Crippen molar-refractivity contribution in [3.05, 3.63) is 70.8 Å². The Hall–Kier alpha value is -3.90. The molecule has 3 heterocycles. The van der Waals surface area contributed by atoms with E-state index in [-0.39, 0.29) is 42.5 Å². The molecule has 1 saturated carbocycles. The van der Waals surface area contributed by atoms with Gasteiger partial charge in [-0.1, -0.05) is 48.5 Å². The summed E-state index contributed by atoms with van der Waals surface area (Å²) in [5, 5.41) is 12.5. The number of alkyl carbamates (subject to hydrolysis) is 1. The Balaban J connectivity index is 1.13. The molecule has 2 aliphatic carbocycles. The fraction of sp³-hybridized carbons (Fsp3) is 0.515. The first-order valence-corrected chi connectivity index (χ1v) is 15.1. The van der Waals surface area contributed by atoms with Gasteiger partial charge < -0.3 is 19.9 Å². The van der Waals surface area contributed by atoms with Crippen molar-refractivity contribution in [2.75, 3.05) is 13.1 Å². The highest BCUT2D eigenvalue weighted by Crippen LogP contribution is 2.48. The van der Waals surface area contributed by atoms with Gasteiger partial charge in [-0.3, -0.25) is 14.5 Å². The Kier molecular flexibility index (Phi) is 6.32. The average Bonchev–Trinajstić information content (AvgIpc) is 3.27. The lowest BCUT2D eigenvalue weighted by Gasteiger charge is -2.42. The second-order valence-corrected chi connectivity index (χ2v) is 13.5. The smallest absolute Gasteiger partial charge is 0.408 e. The standard InChI is InChI=1S/C33H37N5O4/c1-33(2,3)42-32(41)35-26(30(39)37-22(16-34)13-21-14-27(21)37)18-36-17-23-15-28(36)31(40)38(23)29-24-10-6-4-8-19(24)12-20-9-5-7-11-25(20)29/h4-11,21-23,26-29H,12-15,17-18H2,1-3H3,(H,35,41)/t21-,22+,23-,26+,27+,28-/m1/s1. The maximum absolute atomic E-state index is 14.1. The third-order valence-corrected chi connectivity index (χ3v) is 9.59. The summed E-state index contributed by atoms with van der Waals surface area (Å²) in [6, 6.07) is 17.2. The van der Waals surface area contributed by atoms with Crippen molar-refractivity contribution in [1.82, 2.24) is 20.0 Å². The summed E-state index contributed by atoms with van der Waals surface area (Å²) >= 11 is 0. The largest absolute Gasteiger partial charge is 0.444 e. The monoisotopic (exact) mass is 567 g/mol. The summed E-state index contributed by atoms with van der Waals surface area (Å²) in [5.74, 6) is 0.157. The predicted molar refractivity (Wildman–Crippen MR) is 154 cm³/mol. The van der Waals surface area contributed by atoms with E-state index in [4.69, 9.17) is 4.74 Å². The molecular weight excluding hydrogens is 530 g/mol. The predicted octanol–water partition coefficient (Wildman–Crippen LogP) is 3.37. The van der Waals surface area contributed by atoms with Crippen molar-refractivity contribution < 1.29 is 19.1 Å². The number of rotatable bonds is 5. The number of carbonyl (C=O) groups excluding carboxylic acids is 3. The van der Waals surface area contributed by atoms with Crippen molar-refractivity contribution in [2.24, 2.45) is 5.92 Å². The minimum atomic E-state index is -0.910. The molecule has 0 unspecified atom stereocenters. The number of piperidine rings is 1. The zero-order chi connectivity index (χ0) is 29.3. The maximum Gasteiger partial charge on any atom is 0.408 e. The van der Waals surface area contributed by atoms with Gasteiger partial charge in [-0.05, 0) is 74.6 Å². The van der Waals surface area contributed by atoms with Gasteiger partial charge in [0.05, 0.1) is 18.2 Å². The number of likely N-dealkylation sites (tertiary alicyclic amines) is 3. The van der Waals surface area contributed by atoms with Gasteiger partial charge in [0.25, 0.3) is 0 Å². The van der Waals surface area contributed by atoms with E-state index in [2.05, 4.69) is 52.7 Å². The molecule has 42 heavy (non-hydrogen) atoms. The molecule has 0 aromatic heterocycles. The van der Waals surface area contributed by atoms with E-state index in [1.807, 2.05) is 17.0 Å². The highest BCUT2D eigenvalue weighted by Gasteiger charge is 2.57. The van der Waals surface area contributed by atoms with Gasteiger partial charge in [0.1, 0.15) is 17.7 Å². The van der Waals surface area contributed by atoms with Gasteiger partial charge in [-0.2, -0.15) is 5.26 Å². The van der Waals surface area contributed by atoms with E-state index in [0.29, 0.717) is 25.3 Å². The third kappa shape index (κ3) is 4.53. The van der Waals surface area contributed by atoms with E-state index in [9.17, 15) is 19.6 Å². The number of nitrogens with zero attached hydrogens (tertiary/aromatic N) is 4. The fourth-order valence-electron chi connectivity index (χ4n) is 7.76. The Bertz CT molecular complexity index is 1450. The van der Waals surface area contributed by atoms with Crippen molar-refractivity contribution in [1.29, 1.82) is 5.26 Å². The van der Waals surface area contributed by atoms with Crippen LogP contribution in [0.15, 0.2) is 48.5 Å². The van der Waals surface area contributed by atoms with Crippen LogP contribution < -0.4 is 5.32 Å². The SMILES string of the molecule is CC(C)(C)OC(=O)N[C@@H](CN1C[C@H]2C[C@@H]1C(=O)N2C1c2ccccc2Cc2ccccc21)C(=O)N1[C@H](C#N)C[C@@H]2C[C@@H]21. The van der Waals surface area contributed by atoms with Gasteiger partial charge in [0, 0.05) is 25.2 Å². The van der Waals surface area contributed by atoms with E-state index in [0.717, 1.165) is 12.8 Å². The first kappa shape index (κ1) is 27.0. The lowest BCUT2D eigenvalue weighted by Crippen LogP contribution is -2.59. The fourth-order valence-corrected chi connectivity index (χ4v) is 7.76. The molecule has 0 radical (unpaired) electrons. The van der Waals surface area contributed by atoms with Crippen LogP contribution in [-0.2, 0) is 20.7 Å². The number of benzene rings is 2. The number of hydrogen-bond donors (Lipinski definition) is 1. The number of carbonyl (C=O) groups is 3. The molecular formula is C33H37N5O4. The summed E-state index contributed by atoms with van der Waals surface area (Å²) in [7, 11) is 0. The Morgan fingerprint density at radius 3 is 2.33 bits per heavy atom. The number of nitrogens with one attached hydrogen (secondary N) is 1. The molecule has 4 fully saturated rings. The van der Waals surface area contributed by atoms with Crippen LogP contribution >= 0.6 is 0 Å². The summed E-state index contributed by atoms with van der Waals surface area (Å²) in [5.41, 5.74) is 4.13. The molecule has 9 nitrogen and oxygen atoms in total. The third-order valence-electron chi connectivity index (χ3n) is 9.59. The highest BCUT2D eigenvalue weighted by atomic mass is 16.6. The molecule has 2 aromatic carbocycles. The molecule has 3 amide bonds. The summed E-state index contributed by atoms with van der Waals surface area (Å²) < 4.78 is 5.50. The number of hydrogen-bond acceptors (Lipinski definition) is 6. The second kappa shape index (κ2) is 9.84. The molecule has 218 valence electrons. The molecule has 5 aliphatic rings. The lowest BCUT2D eigenvalue weighted by atomic mass is 9.81. The van der Waals surface area contributed by atoms with Crippen molar-refractivity contribution in [3.8, 4) is 6.07 Å². The topological polar surface area (TPSA) is 106 Å². The number of amides is 3. The molecule has 9 heteroatoms. The summed E-state index contributed by atoms with van der Waals surface area (Å²) in [6.45, 7) is 6.14. The van der Waals surface area contributed by atoms with Crippen LogP contribution in [0.5, 0.6) is 0 Å². The Labute approximate surface area is 246 Å². The van der Waals surface area contributed by atoms with Crippen molar-refractivity contribution in [3.63, 3.8) is 0 Å². The average molecular weight is 568 g/mol. The zero-order valence-corrected chi connectivity index (χ0v) is 24.3. The van der Waals surface area contributed by atoms with E-state index < -0.39 is 23.8 Å². The quantitative estimate of drug-likeness (QED) is 0.594. The molecule has 7 rings (SSSR count).